The van der Waals surface area contributed by atoms with E-state index in [1.807, 2.05) is 0 Å². The number of halogens is 4. The molecule has 0 saturated carbocycles. The predicted molar refractivity (Wildman–Crippen MR) is 61.9 cm³/mol. The van der Waals surface area contributed by atoms with Crippen LogP contribution in [0, 0.1) is 0 Å². The Labute approximate surface area is 101 Å². The van der Waals surface area contributed by atoms with Crippen molar-refractivity contribution in [1.82, 2.24) is 0 Å². The topological polar surface area (TPSA) is 38.0 Å². The van der Waals surface area contributed by atoms with E-state index < -0.39 is 12.7 Å². The molecule has 0 fully saturated rings. The molecule has 0 atom stereocenters. The van der Waals surface area contributed by atoms with Gasteiger partial charge in [-0.25, -0.2) is 0 Å². The Bertz CT molecular complexity index is 406. The van der Waals surface area contributed by atoms with Gasteiger partial charge in [-0.15, -0.1) is 0 Å². The summed E-state index contributed by atoms with van der Waals surface area (Å²) in [5.41, 5.74) is 6.06. The number of rotatable bonds is 3. The van der Waals surface area contributed by atoms with Crippen molar-refractivity contribution < 1.29 is 13.2 Å². The molecule has 88 valence electrons. The standard InChI is InChI=1S/C9H8ClF3N2S/c10-7-3-5(15-4-9(11,12)13)1-2-6(7)8(14)16/h1-3,15H,4H2,(H2,14,16). The molecule has 0 heterocycles. The van der Waals surface area contributed by atoms with E-state index in [9.17, 15) is 13.2 Å². The summed E-state index contributed by atoms with van der Waals surface area (Å²) in [6, 6.07) is 4.26. The average molecular weight is 269 g/mol. The lowest BCUT2D eigenvalue weighted by atomic mass is 10.2. The molecule has 0 aliphatic carbocycles. The van der Waals surface area contributed by atoms with Crippen LogP contribution in [0.25, 0.3) is 0 Å². The van der Waals surface area contributed by atoms with Gasteiger partial charge in [-0.2, -0.15) is 13.2 Å². The lowest BCUT2D eigenvalue weighted by Gasteiger charge is -2.10. The summed E-state index contributed by atoms with van der Waals surface area (Å²) in [4.78, 5) is 0.104. The van der Waals surface area contributed by atoms with E-state index in [0.29, 0.717) is 5.56 Å². The number of anilines is 1. The van der Waals surface area contributed by atoms with Gasteiger partial charge in [-0.3, -0.25) is 0 Å². The lowest BCUT2D eigenvalue weighted by Crippen LogP contribution is -2.21. The van der Waals surface area contributed by atoms with Gasteiger partial charge in [-0.1, -0.05) is 23.8 Å². The summed E-state index contributed by atoms with van der Waals surface area (Å²) in [5.74, 6) is 0. The smallest absolute Gasteiger partial charge is 0.389 e. The molecule has 7 heteroatoms. The van der Waals surface area contributed by atoms with Crippen LogP contribution < -0.4 is 11.1 Å². The molecule has 16 heavy (non-hydrogen) atoms. The molecule has 0 bridgehead atoms. The molecule has 0 spiro atoms. The van der Waals surface area contributed by atoms with Gasteiger partial charge in [0.25, 0.3) is 0 Å². The number of hydrogen-bond acceptors (Lipinski definition) is 2. The van der Waals surface area contributed by atoms with Crippen LogP contribution >= 0.6 is 23.8 Å². The Morgan fingerprint density at radius 2 is 2.06 bits per heavy atom. The quantitative estimate of drug-likeness (QED) is 0.828. The molecule has 2 nitrogen and oxygen atoms in total. The minimum atomic E-state index is -4.27. The van der Waals surface area contributed by atoms with Crippen molar-refractivity contribution in [3.8, 4) is 0 Å². The Kier molecular flexibility index (Phi) is 3.98. The summed E-state index contributed by atoms with van der Waals surface area (Å²) in [7, 11) is 0. The van der Waals surface area contributed by atoms with Crippen LogP contribution in [0.4, 0.5) is 18.9 Å². The molecule has 3 N–H and O–H groups in total. The number of hydrogen-bond donors (Lipinski definition) is 2. The summed E-state index contributed by atoms with van der Waals surface area (Å²) in [5, 5.41) is 2.42. The largest absolute Gasteiger partial charge is 0.405 e. The van der Waals surface area contributed by atoms with Crippen LogP contribution in [0.15, 0.2) is 18.2 Å². The summed E-state index contributed by atoms with van der Waals surface area (Å²) < 4.78 is 35.7. The first-order valence-electron chi connectivity index (χ1n) is 4.19. The van der Waals surface area contributed by atoms with Crippen LogP contribution in [0.1, 0.15) is 5.56 Å². The molecular weight excluding hydrogens is 261 g/mol. The molecule has 1 rings (SSSR count). The van der Waals surface area contributed by atoms with Crippen LogP contribution in [-0.4, -0.2) is 17.7 Å². The van der Waals surface area contributed by atoms with Crippen molar-refractivity contribution in [1.29, 1.82) is 0 Å². The van der Waals surface area contributed by atoms with Crippen molar-refractivity contribution in [2.75, 3.05) is 11.9 Å². The highest BCUT2D eigenvalue weighted by molar-refractivity contribution is 7.80. The minimum absolute atomic E-state index is 0.104. The van der Waals surface area contributed by atoms with Crippen molar-refractivity contribution in [3.63, 3.8) is 0 Å². The van der Waals surface area contributed by atoms with Crippen LogP contribution in [0.5, 0.6) is 0 Å². The summed E-state index contributed by atoms with van der Waals surface area (Å²) >= 11 is 10.5. The SMILES string of the molecule is NC(=S)c1ccc(NCC(F)(F)F)cc1Cl. The Morgan fingerprint density at radius 3 is 2.50 bits per heavy atom. The molecule has 0 aromatic heterocycles. The first-order chi connectivity index (χ1) is 7.29. The molecular formula is C9H8ClF3N2S. The van der Waals surface area contributed by atoms with Gasteiger partial charge in [0, 0.05) is 11.3 Å². The first kappa shape index (κ1) is 13.1. The zero-order chi connectivity index (χ0) is 12.3. The third-order valence-corrected chi connectivity index (χ3v) is 2.26. The van der Waals surface area contributed by atoms with Gasteiger partial charge in [0.1, 0.15) is 11.5 Å². The van der Waals surface area contributed by atoms with Crippen LogP contribution in [0.3, 0.4) is 0 Å². The third kappa shape index (κ3) is 3.86. The molecule has 0 amide bonds. The number of alkyl halides is 3. The fraction of sp³-hybridized carbons (Fsp3) is 0.222. The maximum absolute atomic E-state index is 11.9. The van der Waals surface area contributed by atoms with Crippen LogP contribution in [-0.2, 0) is 0 Å². The third-order valence-electron chi connectivity index (χ3n) is 1.73. The second kappa shape index (κ2) is 4.88. The fourth-order valence-corrected chi connectivity index (χ4v) is 1.54. The zero-order valence-corrected chi connectivity index (χ0v) is 9.51. The molecule has 1 aromatic rings. The van der Waals surface area contributed by atoms with Gasteiger partial charge in [0.15, 0.2) is 0 Å². The van der Waals surface area contributed by atoms with E-state index in [0.717, 1.165) is 0 Å². The number of nitrogens with two attached hydrogens (primary N) is 1. The van der Waals surface area contributed by atoms with Crippen molar-refractivity contribution in [3.05, 3.63) is 28.8 Å². The zero-order valence-electron chi connectivity index (χ0n) is 7.94. The number of nitrogens with one attached hydrogen (secondary N) is 1. The number of thiocarbonyl (C=S) groups is 1. The van der Waals surface area contributed by atoms with E-state index in [1.165, 1.54) is 18.2 Å². The van der Waals surface area contributed by atoms with E-state index in [1.54, 1.807) is 0 Å². The first-order valence-corrected chi connectivity index (χ1v) is 4.98. The van der Waals surface area contributed by atoms with E-state index >= 15 is 0 Å². The van der Waals surface area contributed by atoms with E-state index in [4.69, 9.17) is 29.6 Å². The molecule has 0 saturated heterocycles. The van der Waals surface area contributed by atoms with E-state index in [2.05, 4.69) is 5.32 Å². The van der Waals surface area contributed by atoms with Crippen molar-refractivity contribution in [2.24, 2.45) is 5.73 Å². The summed E-state index contributed by atoms with van der Waals surface area (Å²) in [6.45, 7) is -1.12. The minimum Gasteiger partial charge on any atom is -0.389 e. The van der Waals surface area contributed by atoms with Gasteiger partial charge < -0.3 is 11.1 Å². The van der Waals surface area contributed by atoms with Crippen molar-refractivity contribution >= 4 is 34.5 Å². The second-order valence-electron chi connectivity index (χ2n) is 3.03. The second-order valence-corrected chi connectivity index (χ2v) is 3.87. The highest BCUT2D eigenvalue weighted by Gasteiger charge is 2.26. The monoisotopic (exact) mass is 268 g/mol. The van der Waals surface area contributed by atoms with E-state index in [-0.39, 0.29) is 15.7 Å². The lowest BCUT2D eigenvalue weighted by molar-refractivity contribution is -0.115. The number of benzene rings is 1. The average Bonchev–Trinajstić information content (AvgIpc) is 2.13. The molecule has 1 aromatic carbocycles. The normalized spacial score (nSPS) is 11.2. The Morgan fingerprint density at radius 1 is 1.44 bits per heavy atom. The maximum atomic E-state index is 11.9. The van der Waals surface area contributed by atoms with Gasteiger partial charge in [0.05, 0.1) is 5.02 Å². The van der Waals surface area contributed by atoms with Crippen molar-refractivity contribution in [2.45, 2.75) is 6.18 Å². The van der Waals surface area contributed by atoms with Gasteiger partial charge in [0.2, 0.25) is 0 Å². The van der Waals surface area contributed by atoms with Gasteiger partial charge in [-0.05, 0) is 18.2 Å². The fourth-order valence-electron chi connectivity index (χ4n) is 1.03. The maximum Gasteiger partial charge on any atom is 0.405 e. The molecule has 0 unspecified atom stereocenters. The van der Waals surface area contributed by atoms with Gasteiger partial charge >= 0.3 is 6.18 Å². The predicted octanol–water partition coefficient (Wildman–Crippen LogP) is 2.95. The Balaban J connectivity index is 2.78. The van der Waals surface area contributed by atoms with Crippen LogP contribution in [0.2, 0.25) is 5.02 Å². The summed E-state index contributed by atoms with van der Waals surface area (Å²) in [6.07, 6.45) is -4.27. The molecule has 0 radical (unpaired) electrons. The Hall–Kier alpha value is -1.01. The molecule has 0 aliphatic rings. The highest BCUT2D eigenvalue weighted by Crippen LogP contribution is 2.22. The highest BCUT2D eigenvalue weighted by atomic mass is 35.5. The molecule has 0 aliphatic heterocycles.